The van der Waals surface area contributed by atoms with E-state index >= 15 is 0 Å². The van der Waals surface area contributed by atoms with Crippen molar-refractivity contribution in [3.05, 3.63) is 11.9 Å². The van der Waals surface area contributed by atoms with E-state index in [1.165, 1.54) is 0 Å². The van der Waals surface area contributed by atoms with E-state index in [2.05, 4.69) is 5.10 Å². The second-order valence-corrected chi connectivity index (χ2v) is 5.37. The molecular weight excluding hydrogens is 258 g/mol. The van der Waals surface area contributed by atoms with Crippen molar-refractivity contribution in [1.82, 2.24) is 9.78 Å². The zero-order chi connectivity index (χ0) is 14.5. The average molecular weight is 281 g/mol. The first-order chi connectivity index (χ1) is 9.61. The number of hydrogen-bond donors (Lipinski definition) is 1. The Morgan fingerprint density at radius 1 is 1.55 bits per heavy atom. The third-order valence-corrected chi connectivity index (χ3v) is 3.68. The van der Waals surface area contributed by atoms with Crippen LogP contribution in [-0.4, -0.2) is 47.7 Å². The molecule has 6 heteroatoms. The minimum atomic E-state index is -0.964. The van der Waals surface area contributed by atoms with Gasteiger partial charge in [0.15, 0.2) is 5.69 Å². The lowest BCUT2D eigenvalue weighted by Crippen LogP contribution is -2.30. The first kappa shape index (κ1) is 14.8. The first-order valence-electron chi connectivity index (χ1n) is 7.21. The van der Waals surface area contributed by atoms with E-state index < -0.39 is 5.97 Å². The van der Waals surface area contributed by atoms with Gasteiger partial charge in [-0.3, -0.25) is 4.68 Å². The lowest BCUT2D eigenvalue weighted by atomic mass is 10.00. The maximum atomic E-state index is 11.3. The minimum absolute atomic E-state index is 0.146. The number of hydrogen-bond acceptors (Lipinski definition) is 4. The molecule has 0 spiro atoms. The van der Waals surface area contributed by atoms with Crippen molar-refractivity contribution in [2.75, 3.05) is 31.7 Å². The molecule has 20 heavy (non-hydrogen) atoms. The van der Waals surface area contributed by atoms with Crippen molar-refractivity contribution in [2.45, 2.75) is 32.7 Å². The molecule has 1 fully saturated rings. The molecule has 1 aliphatic rings. The highest BCUT2D eigenvalue weighted by Gasteiger charge is 2.22. The number of rotatable bonds is 6. The standard InChI is InChI=1S/C14H23N3O3/c1-3-6-17-10-12(13(15-17)14(18)19)16(2)9-11-4-7-20-8-5-11/h10-11H,3-9H2,1-2H3,(H,18,19). The van der Waals surface area contributed by atoms with Gasteiger partial charge < -0.3 is 14.7 Å². The largest absolute Gasteiger partial charge is 0.476 e. The van der Waals surface area contributed by atoms with Crippen molar-refractivity contribution >= 4 is 11.7 Å². The molecule has 1 saturated heterocycles. The number of nitrogens with zero attached hydrogens (tertiary/aromatic N) is 3. The Morgan fingerprint density at radius 2 is 2.25 bits per heavy atom. The molecule has 0 bridgehead atoms. The van der Waals surface area contributed by atoms with Crippen LogP contribution >= 0.6 is 0 Å². The molecule has 1 aliphatic heterocycles. The van der Waals surface area contributed by atoms with Gasteiger partial charge in [-0.15, -0.1) is 0 Å². The molecule has 1 aromatic heterocycles. The Hall–Kier alpha value is -1.56. The highest BCUT2D eigenvalue weighted by atomic mass is 16.5. The van der Waals surface area contributed by atoms with Gasteiger partial charge in [-0.1, -0.05) is 6.92 Å². The van der Waals surface area contributed by atoms with Gasteiger partial charge in [-0.05, 0) is 25.2 Å². The summed E-state index contributed by atoms with van der Waals surface area (Å²) in [6.45, 7) is 5.25. The number of aryl methyl sites for hydroxylation is 1. The van der Waals surface area contributed by atoms with Crippen molar-refractivity contribution in [2.24, 2.45) is 5.92 Å². The predicted octanol–water partition coefficient (Wildman–Crippen LogP) is 1.85. The van der Waals surface area contributed by atoms with E-state index in [4.69, 9.17) is 4.74 Å². The molecule has 0 aromatic carbocycles. The summed E-state index contributed by atoms with van der Waals surface area (Å²) in [6.07, 6.45) is 4.85. The summed E-state index contributed by atoms with van der Waals surface area (Å²) in [6, 6.07) is 0. The van der Waals surface area contributed by atoms with Gasteiger partial charge in [0.1, 0.15) is 0 Å². The van der Waals surface area contributed by atoms with E-state index in [1.807, 2.05) is 25.1 Å². The monoisotopic (exact) mass is 281 g/mol. The maximum Gasteiger partial charge on any atom is 0.358 e. The highest BCUT2D eigenvalue weighted by Crippen LogP contribution is 2.23. The van der Waals surface area contributed by atoms with Crippen LogP contribution in [0.5, 0.6) is 0 Å². The SMILES string of the molecule is CCCn1cc(N(C)CC2CCOCC2)c(C(=O)O)n1. The zero-order valence-electron chi connectivity index (χ0n) is 12.2. The third-order valence-electron chi connectivity index (χ3n) is 3.68. The van der Waals surface area contributed by atoms with Gasteiger partial charge in [-0.25, -0.2) is 4.79 Å². The van der Waals surface area contributed by atoms with Crippen molar-refractivity contribution in [1.29, 1.82) is 0 Å². The Morgan fingerprint density at radius 3 is 2.85 bits per heavy atom. The zero-order valence-corrected chi connectivity index (χ0v) is 12.2. The number of ether oxygens (including phenoxy) is 1. The van der Waals surface area contributed by atoms with Crippen LogP contribution in [0.25, 0.3) is 0 Å². The highest BCUT2D eigenvalue weighted by molar-refractivity contribution is 5.92. The molecule has 0 saturated carbocycles. The number of aromatic carboxylic acids is 1. The molecular formula is C14H23N3O3. The molecule has 1 N–H and O–H groups in total. The van der Waals surface area contributed by atoms with Crippen LogP contribution in [0.3, 0.4) is 0 Å². The summed E-state index contributed by atoms with van der Waals surface area (Å²) in [5.41, 5.74) is 0.852. The number of aromatic nitrogens is 2. The fourth-order valence-electron chi connectivity index (χ4n) is 2.60. The average Bonchev–Trinajstić information content (AvgIpc) is 2.85. The van der Waals surface area contributed by atoms with Crippen LogP contribution in [0, 0.1) is 5.92 Å². The van der Waals surface area contributed by atoms with Gasteiger partial charge in [0.05, 0.1) is 5.69 Å². The number of carboxylic acids is 1. The second kappa shape index (κ2) is 6.74. The summed E-state index contributed by atoms with van der Waals surface area (Å²) in [4.78, 5) is 13.3. The Balaban J connectivity index is 2.10. The number of carboxylic acid groups (broad SMARTS) is 1. The smallest absolute Gasteiger partial charge is 0.358 e. The van der Waals surface area contributed by atoms with E-state index in [1.54, 1.807) is 4.68 Å². The molecule has 6 nitrogen and oxygen atoms in total. The summed E-state index contributed by atoms with van der Waals surface area (Å²) < 4.78 is 7.08. The van der Waals surface area contributed by atoms with E-state index in [0.717, 1.165) is 45.6 Å². The molecule has 0 radical (unpaired) electrons. The van der Waals surface area contributed by atoms with E-state index in [9.17, 15) is 9.90 Å². The van der Waals surface area contributed by atoms with E-state index in [-0.39, 0.29) is 5.69 Å². The molecule has 1 aromatic rings. The van der Waals surface area contributed by atoms with Crippen molar-refractivity contribution < 1.29 is 14.6 Å². The van der Waals surface area contributed by atoms with Crippen LogP contribution < -0.4 is 4.90 Å². The van der Waals surface area contributed by atoms with Gasteiger partial charge in [0.2, 0.25) is 0 Å². The summed E-state index contributed by atoms with van der Waals surface area (Å²) in [5.74, 6) is -0.404. The van der Waals surface area contributed by atoms with E-state index in [0.29, 0.717) is 11.6 Å². The normalized spacial score (nSPS) is 16.3. The van der Waals surface area contributed by atoms with Gasteiger partial charge in [0, 0.05) is 39.5 Å². The minimum Gasteiger partial charge on any atom is -0.476 e. The molecule has 2 heterocycles. The number of carbonyl (C=O) groups is 1. The Bertz CT molecular complexity index is 453. The summed E-state index contributed by atoms with van der Waals surface area (Å²) >= 11 is 0. The van der Waals surface area contributed by atoms with Crippen LogP contribution in [0.2, 0.25) is 0 Å². The Kier molecular flexibility index (Phi) is 5.00. The predicted molar refractivity (Wildman–Crippen MR) is 76.3 cm³/mol. The van der Waals surface area contributed by atoms with Crippen LogP contribution in [0.1, 0.15) is 36.7 Å². The molecule has 0 unspecified atom stereocenters. The fourth-order valence-corrected chi connectivity index (χ4v) is 2.60. The van der Waals surface area contributed by atoms with Crippen molar-refractivity contribution in [3.8, 4) is 0 Å². The quantitative estimate of drug-likeness (QED) is 0.862. The maximum absolute atomic E-state index is 11.3. The summed E-state index contributed by atoms with van der Waals surface area (Å²) in [7, 11) is 1.94. The fraction of sp³-hybridized carbons (Fsp3) is 0.714. The number of anilines is 1. The molecule has 112 valence electrons. The third kappa shape index (κ3) is 3.50. The summed E-state index contributed by atoms with van der Waals surface area (Å²) in [5, 5.41) is 13.4. The lowest BCUT2D eigenvalue weighted by Gasteiger charge is -2.27. The molecule has 0 aliphatic carbocycles. The molecule has 0 amide bonds. The van der Waals surface area contributed by atoms with Crippen molar-refractivity contribution in [3.63, 3.8) is 0 Å². The van der Waals surface area contributed by atoms with Gasteiger partial charge in [0.25, 0.3) is 0 Å². The lowest BCUT2D eigenvalue weighted by molar-refractivity contribution is 0.0675. The first-order valence-corrected chi connectivity index (χ1v) is 7.21. The second-order valence-electron chi connectivity index (χ2n) is 5.37. The van der Waals surface area contributed by atoms with Gasteiger partial charge >= 0.3 is 5.97 Å². The Labute approximate surface area is 119 Å². The molecule has 0 atom stereocenters. The van der Waals surface area contributed by atoms with Gasteiger partial charge in [-0.2, -0.15) is 5.10 Å². The molecule has 2 rings (SSSR count). The topological polar surface area (TPSA) is 67.6 Å². The van der Waals surface area contributed by atoms with Crippen LogP contribution in [0.4, 0.5) is 5.69 Å². The van der Waals surface area contributed by atoms with Crippen LogP contribution in [0.15, 0.2) is 6.20 Å². The van der Waals surface area contributed by atoms with Crippen LogP contribution in [-0.2, 0) is 11.3 Å².